The lowest BCUT2D eigenvalue weighted by Crippen LogP contribution is -2.19. The van der Waals surface area contributed by atoms with Crippen LogP contribution < -0.4 is 15.4 Å². The Balaban J connectivity index is 1.61. The number of hydrogen-bond donors (Lipinski definition) is 2. The van der Waals surface area contributed by atoms with Crippen molar-refractivity contribution in [2.24, 2.45) is 5.92 Å². The van der Waals surface area contributed by atoms with Crippen LogP contribution in [0.1, 0.15) is 12.8 Å². The first kappa shape index (κ1) is 14.8. The number of methoxy groups -OCH3 is 1. The van der Waals surface area contributed by atoms with E-state index in [0.717, 1.165) is 30.9 Å². The molecule has 1 heterocycles. The number of rotatable bonds is 7. The molecule has 0 aromatic heterocycles. The van der Waals surface area contributed by atoms with Crippen LogP contribution in [0.25, 0.3) is 0 Å². The van der Waals surface area contributed by atoms with Crippen molar-refractivity contribution in [2.45, 2.75) is 12.8 Å². The second-order valence-corrected chi connectivity index (χ2v) is 4.98. The molecule has 1 saturated heterocycles. The monoisotopic (exact) mass is 278 g/mol. The van der Waals surface area contributed by atoms with Gasteiger partial charge in [0, 0.05) is 12.3 Å². The van der Waals surface area contributed by atoms with Crippen molar-refractivity contribution in [3.63, 3.8) is 0 Å². The number of ether oxygens (including phenoxy) is 2. The van der Waals surface area contributed by atoms with Gasteiger partial charge in [0.05, 0.1) is 7.11 Å². The predicted octanol–water partition coefficient (Wildman–Crippen LogP) is 1.65. The quantitative estimate of drug-likeness (QED) is 0.745. The Morgan fingerprint density at radius 3 is 2.85 bits per heavy atom. The van der Waals surface area contributed by atoms with Crippen molar-refractivity contribution < 1.29 is 14.3 Å². The number of anilines is 1. The molecule has 0 radical (unpaired) electrons. The molecular formula is C15H22N2O3. The van der Waals surface area contributed by atoms with Crippen LogP contribution in [0, 0.1) is 5.92 Å². The fourth-order valence-electron chi connectivity index (χ4n) is 2.25. The molecule has 1 aromatic rings. The Hall–Kier alpha value is -1.59. The summed E-state index contributed by atoms with van der Waals surface area (Å²) in [4.78, 5) is 11.7. The Bertz CT molecular complexity index is 414. The molecular weight excluding hydrogens is 256 g/mol. The third-order valence-corrected chi connectivity index (χ3v) is 3.44. The maximum Gasteiger partial charge on any atom is 0.250 e. The van der Waals surface area contributed by atoms with E-state index in [1.807, 2.05) is 12.1 Å². The number of nitrogens with one attached hydrogen (secondary N) is 2. The molecule has 5 nitrogen and oxygen atoms in total. The number of carbonyl (C=O) groups excluding carboxylic acids is 1. The van der Waals surface area contributed by atoms with Gasteiger partial charge >= 0.3 is 0 Å². The van der Waals surface area contributed by atoms with Crippen molar-refractivity contribution in [1.82, 2.24) is 5.32 Å². The van der Waals surface area contributed by atoms with E-state index in [2.05, 4.69) is 10.6 Å². The third-order valence-electron chi connectivity index (χ3n) is 3.44. The van der Waals surface area contributed by atoms with E-state index in [9.17, 15) is 4.79 Å². The summed E-state index contributed by atoms with van der Waals surface area (Å²) in [5, 5.41) is 6.11. The number of hydrogen-bond acceptors (Lipinski definition) is 4. The molecule has 1 atom stereocenters. The number of amides is 1. The SMILES string of the molecule is COc1ccc(NC(=O)COCCC2CCNC2)cc1. The Kier molecular flexibility index (Phi) is 5.83. The molecule has 0 aliphatic carbocycles. The van der Waals surface area contributed by atoms with Crippen LogP contribution in [-0.4, -0.2) is 39.3 Å². The predicted molar refractivity (Wildman–Crippen MR) is 78.0 cm³/mol. The van der Waals surface area contributed by atoms with Gasteiger partial charge in [-0.1, -0.05) is 0 Å². The van der Waals surface area contributed by atoms with Gasteiger partial charge in [0.1, 0.15) is 12.4 Å². The van der Waals surface area contributed by atoms with Crippen LogP contribution in [-0.2, 0) is 9.53 Å². The molecule has 1 aromatic carbocycles. The highest BCUT2D eigenvalue weighted by molar-refractivity contribution is 5.91. The third kappa shape index (κ3) is 4.83. The second kappa shape index (κ2) is 7.87. The summed E-state index contributed by atoms with van der Waals surface area (Å²) >= 11 is 0. The highest BCUT2D eigenvalue weighted by Crippen LogP contribution is 2.15. The summed E-state index contributed by atoms with van der Waals surface area (Å²) < 4.78 is 10.5. The van der Waals surface area contributed by atoms with E-state index in [1.54, 1.807) is 19.2 Å². The normalized spacial score (nSPS) is 17.9. The fraction of sp³-hybridized carbons (Fsp3) is 0.533. The largest absolute Gasteiger partial charge is 0.497 e. The van der Waals surface area contributed by atoms with Gasteiger partial charge in [0.25, 0.3) is 0 Å². The first-order valence-electron chi connectivity index (χ1n) is 7.00. The average molecular weight is 278 g/mol. The minimum Gasteiger partial charge on any atom is -0.497 e. The van der Waals surface area contributed by atoms with E-state index in [1.165, 1.54) is 6.42 Å². The number of carbonyl (C=O) groups is 1. The molecule has 20 heavy (non-hydrogen) atoms. The van der Waals surface area contributed by atoms with Crippen LogP contribution in [0.15, 0.2) is 24.3 Å². The molecule has 1 fully saturated rings. The Morgan fingerprint density at radius 1 is 1.40 bits per heavy atom. The summed E-state index contributed by atoms with van der Waals surface area (Å²) in [7, 11) is 1.61. The molecule has 1 aliphatic rings. The highest BCUT2D eigenvalue weighted by atomic mass is 16.5. The lowest BCUT2D eigenvalue weighted by Gasteiger charge is -2.09. The standard InChI is InChI=1S/C15H22N2O3/c1-19-14-4-2-13(3-5-14)17-15(18)11-20-9-7-12-6-8-16-10-12/h2-5,12,16H,6-11H2,1H3,(H,17,18). The smallest absolute Gasteiger partial charge is 0.250 e. The van der Waals surface area contributed by atoms with Crippen LogP contribution in [0.3, 0.4) is 0 Å². The molecule has 1 unspecified atom stereocenters. The van der Waals surface area contributed by atoms with Gasteiger partial charge in [0.2, 0.25) is 5.91 Å². The fourth-order valence-corrected chi connectivity index (χ4v) is 2.25. The first-order valence-corrected chi connectivity index (χ1v) is 7.00. The van der Waals surface area contributed by atoms with Crippen LogP contribution in [0.4, 0.5) is 5.69 Å². The second-order valence-electron chi connectivity index (χ2n) is 4.98. The minimum atomic E-state index is -0.125. The van der Waals surface area contributed by atoms with Crippen molar-refractivity contribution in [3.05, 3.63) is 24.3 Å². The zero-order valence-electron chi connectivity index (χ0n) is 11.9. The van der Waals surface area contributed by atoms with Gasteiger partial charge in [-0.15, -0.1) is 0 Å². The topological polar surface area (TPSA) is 59.6 Å². The Morgan fingerprint density at radius 2 is 2.20 bits per heavy atom. The van der Waals surface area contributed by atoms with E-state index in [4.69, 9.17) is 9.47 Å². The molecule has 110 valence electrons. The summed E-state index contributed by atoms with van der Waals surface area (Å²) in [6.45, 7) is 2.92. The summed E-state index contributed by atoms with van der Waals surface area (Å²) in [6, 6.07) is 7.23. The summed E-state index contributed by atoms with van der Waals surface area (Å²) in [6.07, 6.45) is 2.23. The zero-order chi connectivity index (χ0) is 14.2. The van der Waals surface area contributed by atoms with Crippen LogP contribution in [0.2, 0.25) is 0 Å². The number of benzene rings is 1. The molecule has 5 heteroatoms. The average Bonchev–Trinajstić information content (AvgIpc) is 2.98. The first-order chi connectivity index (χ1) is 9.78. The maximum absolute atomic E-state index is 11.7. The zero-order valence-corrected chi connectivity index (χ0v) is 11.9. The van der Waals surface area contributed by atoms with Gasteiger partial charge < -0.3 is 20.1 Å². The lowest BCUT2D eigenvalue weighted by molar-refractivity contribution is -0.120. The van der Waals surface area contributed by atoms with E-state index in [-0.39, 0.29) is 12.5 Å². The van der Waals surface area contributed by atoms with Gasteiger partial charge in [-0.25, -0.2) is 0 Å². The maximum atomic E-state index is 11.7. The van der Waals surface area contributed by atoms with E-state index < -0.39 is 0 Å². The lowest BCUT2D eigenvalue weighted by atomic mass is 10.1. The molecule has 2 N–H and O–H groups in total. The summed E-state index contributed by atoms with van der Waals surface area (Å²) in [5.74, 6) is 1.34. The minimum absolute atomic E-state index is 0.103. The molecule has 1 aliphatic heterocycles. The van der Waals surface area contributed by atoms with E-state index >= 15 is 0 Å². The van der Waals surface area contributed by atoms with Crippen LogP contribution >= 0.6 is 0 Å². The van der Waals surface area contributed by atoms with Crippen LogP contribution in [0.5, 0.6) is 5.75 Å². The Labute approximate surface area is 119 Å². The molecule has 0 saturated carbocycles. The van der Waals surface area contributed by atoms with E-state index in [0.29, 0.717) is 12.5 Å². The molecule has 0 spiro atoms. The molecule has 0 bridgehead atoms. The van der Waals surface area contributed by atoms with Gasteiger partial charge in [0.15, 0.2) is 0 Å². The van der Waals surface area contributed by atoms with Crippen molar-refractivity contribution in [3.8, 4) is 5.75 Å². The van der Waals surface area contributed by atoms with Crippen molar-refractivity contribution >= 4 is 11.6 Å². The van der Waals surface area contributed by atoms with Gasteiger partial charge in [-0.3, -0.25) is 4.79 Å². The van der Waals surface area contributed by atoms with Gasteiger partial charge in [-0.05, 0) is 56.1 Å². The van der Waals surface area contributed by atoms with Gasteiger partial charge in [-0.2, -0.15) is 0 Å². The summed E-state index contributed by atoms with van der Waals surface area (Å²) in [5.41, 5.74) is 0.749. The van der Waals surface area contributed by atoms with Crippen molar-refractivity contribution in [2.75, 3.05) is 38.7 Å². The van der Waals surface area contributed by atoms with Crippen molar-refractivity contribution in [1.29, 1.82) is 0 Å². The molecule has 1 amide bonds. The highest BCUT2D eigenvalue weighted by Gasteiger charge is 2.13. The molecule has 2 rings (SSSR count).